The number of hydrogen-bond donors (Lipinski definition) is 3. The number of aliphatic hydroxyl groups is 2. The smallest absolute Gasteiger partial charge is 0.224 e. The minimum Gasteiger partial charge on any atom is -0.395 e. The summed E-state index contributed by atoms with van der Waals surface area (Å²) in [4.78, 5) is 27.4. The second-order valence-corrected chi connectivity index (χ2v) is 8.87. The van der Waals surface area contributed by atoms with Crippen LogP contribution in [-0.2, 0) is 21.9 Å². The van der Waals surface area contributed by atoms with Crippen LogP contribution < -0.4 is 5.32 Å². The van der Waals surface area contributed by atoms with Crippen molar-refractivity contribution in [3.63, 3.8) is 0 Å². The van der Waals surface area contributed by atoms with E-state index in [9.17, 15) is 19.8 Å². The van der Waals surface area contributed by atoms with E-state index in [-0.39, 0.29) is 38.0 Å². The first-order valence-corrected chi connectivity index (χ1v) is 12.3. The van der Waals surface area contributed by atoms with Gasteiger partial charge in [-0.05, 0) is 17.5 Å². The summed E-state index contributed by atoms with van der Waals surface area (Å²) in [5.74, 6) is 0.300. The fourth-order valence-corrected chi connectivity index (χ4v) is 4.41. The van der Waals surface area contributed by atoms with Gasteiger partial charge < -0.3 is 20.4 Å². The Hall–Kier alpha value is -2.61. The highest BCUT2D eigenvalue weighted by Gasteiger charge is 2.25. The Bertz CT molecular complexity index is 848. The van der Waals surface area contributed by atoms with Crippen LogP contribution in [0.5, 0.6) is 0 Å². The maximum absolute atomic E-state index is 13.0. The maximum atomic E-state index is 13.0. The summed E-state index contributed by atoms with van der Waals surface area (Å²) in [5.41, 5.74) is 2.14. The van der Waals surface area contributed by atoms with Crippen molar-refractivity contribution in [3.8, 4) is 0 Å². The molecule has 0 aliphatic carbocycles. The summed E-state index contributed by atoms with van der Waals surface area (Å²) in [7, 11) is 0. The van der Waals surface area contributed by atoms with Crippen molar-refractivity contribution >= 4 is 23.6 Å². The van der Waals surface area contributed by atoms with Gasteiger partial charge in [0.2, 0.25) is 11.8 Å². The van der Waals surface area contributed by atoms with E-state index >= 15 is 0 Å². The van der Waals surface area contributed by atoms with Gasteiger partial charge in [0, 0.05) is 31.0 Å². The van der Waals surface area contributed by atoms with Crippen molar-refractivity contribution in [2.24, 2.45) is 5.92 Å². The standard InChI is InChI=1S/C26H34N2O4S/c1-2-9-23(16-25(31)28(14-15-29)17-21-10-5-3-6-11-21)26(32)27-24(18-30)20-33-19-22-12-7-4-8-13-22/h2-8,10-13,23-24,29-30H,1,9,14-20H2,(H,27,32). The van der Waals surface area contributed by atoms with Crippen molar-refractivity contribution in [2.75, 3.05) is 25.5 Å². The quantitative estimate of drug-likeness (QED) is 0.348. The minimum atomic E-state index is -0.583. The number of nitrogens with zero attached hydrogens (tertiary/aromatic N) is 1. The molecule has 2 aromatic rings. The molecule has 0 aliphatic heterocycles. The summed E-state index contributed by atoms with van der Waals surface area (Å²) in [5, 5.41) is 22.0. The van der Waals surface area contributed by atoms with E-state index in [1.54, 1.807) is 22.7 Å². The number of amides is 2. The number of carbonyl (C=O) groups is 2. The monoisotopic (exact) mass is 470 g/mol. The van der Waals surface area contributed by atoms with Crippen LogP contribution in [0, 0.1) is 5.92 Å². The highest BCUT2D eigenvalue weighted by molar-refractivity contribution is 7.98. The van der Waals surface area contributed by atoms with Gasteiger partial charge in [-0.25, -0.2) is 0 Å². The summed E-state index contributed by atoms with van der Waals surface area (Å²) < 4.78 is 0. The zero-order valence-electron chi connectivity index (χ0n) is 18.9. The summed E-state index contributed by atoms with van der Waals surface area (Å²) in [6, 6.07) is 19.2. The molecule has 2 aromatic carbocycles. The van der Waals surface area contributed by atoms with E-state index in [1.165, 1.54) is 5.56 Å². The molecule has 2 amide bonds. The summed E-state index contributed by atoms with van der Waals surface area (Å²) >= 11 is 1.63. The first kappa shape index (κ1) is 26.6. The number of benzene rings is 2. The fraction of sp³-hybridized carbons (Fsp3) is 0.385. The van der Waals surface area contributed by atoms with Gasteiger partial charge in [0.1, 0.15) is 0 Å². The molecule has 2 rings (SSSR count). The molecule has 0 heterocycles. The molecule has 0 saturated heterocycles. The Balaban J connectivity index is 1.92. The molecule has 0 radical (unpaired) electrons. The molecular formula is C26H34N2O4S. The van der Waals surface area contributed by atoms with Gasteiger partial charge in [-0.3, -0.25) is 9.59 Å². The van der Waals surface area contributed by atoms with Crippen LogP contribution in [0.4, 0.5) is 0 Å². The second kappa shape index (κ2) is 15.3. The van der Waals surface area contributed by atoms with Gasteiger partial charge in [0.25, 0.3) is 0 Å². The lowest BCUT2D eigenvalue weighted by Crippen LogP contribution is -2.44. The number of rotatable bonds is 15. The lowest BCUT2D eigenvalue weighted by atomic mass is 9.98. The van der Waals surface area contributed by atoms with E-state index in [0.717, 1.165) is 11.3 Å². The molecule has 178 valence electrons. The van der Waals surface area contributed by atoms with Crippen molar-refractivity contribution in [1.82, 2.24) is 10.2 Å². The first-order chi connectivity index (χ1) is 16.1. The topological polar surface area (TPSA) is 89.9 Å². The average molecular weight is 471 g/mol. The van der Waals surface area contributed by atoms with Crippen LogP contribution >= 0.6 is 11.8 Å². The SMILES string of the molecule is C=CCC(CC(=O)N(CCO)Cc1ccccc1)C(=O)NC(CO)CSCc1ccccc1. The van der Waals surface area contributed by atoms with Crippen LogP contribution in [0.15, 0.2) is 73.3 Å². The number of allylic oxidation sites excluding steroid dienone is 1. The molecule has 3 N–H and O–H groups in total. The molecule has 2 atom stereocenters. The number of thioether (sulfide) groups is 1. The molecule has 0 bridgehead atoms. The van der Waals surface area contributed by atoms with Crippen LogP contribution in [-0.4, -0.2) is 58.5 Å². The zero-order chi connectivity index (χ0) is 23.9. The summed E-state index contributed by atoms with van der Waals surface area (Å²) in [6.07, 6.45) is 1.99. The number of carbonyl (C=O) groups excluding carboxylic acids is 2. The van der Waals surface area contributed by atoms with Gasteiger partial charge in [-0.1, -0.05) is 66.7 Å². The predicted octanol–water partition coefficient (Wildman–Crippen LogP) is 3.00. The molecular weight excluding hydrogens is 436 g/mol. The molecule has 0 saturated carbocycles. The Morgan fingerprint density at radius 3 is 2.24 bits per heavy atom. The van der Waals surface area contributed by atoms with Crippen LogP contribution in [0.2, 0.25) is 0 Å². The Morgan fingerprint density at radius 1 is 1.03 bits per heavy atom. The van der Waals surface area contributed by atoms with E-state index < -0.39 is 12.0 Å². The normalized spacial score (nSPS) is 12.5. The van der Waals surface area contributed by atoms with Gasteiger partial charge in [0.15, 0.2) is 0 Å². The molecule has 7 heteroatoms. The minimum absolute atomic E-state index is 0.0139. The fourth-order valence-electron chi connectivity index (χ4n) is 3.39. The van der Waals surface area contributed by atoms with Gasteiger partial charge in [0.05, 0.1) is 25.2 Å². The third-order valence-corrected chi connectivity index (χ3v) is 6.35. The van der Waals surface area contributed by atoms with E-state index in [1.807, 2.05) is 60.7 Å². The first-order valence-electron chi connectivity index (χ1n) is 11.1. The number of hydrogen-bond acceptors (Lipinski definition) is 5. The van der Waals surface area contributed by atoms with Crippen LogP contribution in [0.25, 0.3) is 0 Å². The largest absolute Gasteiger partial charge is 0.395 e. The highest BCUT2D eigenvalue weighted by Crippen LogP contribution is 2.16. The molecule has 6 nitrogen and oxygen atoms in total. The molecule has 2 unspecified atom stereocenters. The summed E-state index contributed by atoms with van der Waals surface area (Å²) in [6.45, 7) is 3.97. The Morgan fingerprint density at radius 2 is 1.67 bits per heavy atom. The lowest BCUT2D eigenvalue weighted by molar-refractivity contribution is -0.137. The average Bonchev–Trinajstić information content (AvgIpc) is 2.84. The molecule has 0 aliphatic rings. The highest BCUT2D eigenvalue weighted by atomic mass is 32.2. The van der Waals surface area contributed by atoms with Crippen molar-refractivity contribution in [2.45, 2.75) is 31.2 Å². The van der Waals surface area contributed by atoms with Crippen LogP contribution in [0.1, 0.15) is 24.0 Å². The van der Waals surface area contributed by atoms with E-state index in [0.29, 0.717) is 18.7 Å². The van der Waals surface area contributed by atoms with Crippen molar-refractivity contribution in [1.29, 1.82) is 0 Å². The van der Waals surface area contributed by atoms with E-state index in [2.05, 4.69) is 11.9 Å². The molecule has 0 spiro atoms. The lowest BCUT2D eigenvalue weighted by Gasteiger charge is -2.25. The molecule has 0 fully saturated rings. The second-order valence-electron chi connectivity index (χ2n) is 7.84. The van der Waals surface area contributed by atoms with Crippen LogP contribution in [0.3, 0.4) is 0 Å². The predicted molar refractivity (Wildman–Crippen MR) is 133 cm³/mol. The van der Waals surface area contributed by atoms with Crippen molar-refractivity contribution in [3.05, 3.63) is 84.4 Å². The van der Waals surface area contributed by atoms with Gasteiger partial charge in [-0.2, -0.15) is 11.8 Å². The van der Waals surface area contributed by atoms with E-state index in [4.69, 9.17) is 0 Å². The third-order valence-electron chi connectivity index (χ3n) is 5.18. The third kappa shape index (κ3) is 9.82. The Kier molecular flexibility index (Phi) is 12.3. The number of aliphatic hydroxyl groups excluding tert-OH is 2. The van der Waals surface area contributed by atoms with Gasteiger partial charge >= 0.3 is 0 Å². The Labute approximate surface area is 200 Å². The molecule has 33 heavy (non-hydrogen) atoms. The van der Waals surface area contributed by atoms with Crippen molar-refractivity contribution < 1.29 is 19.8 Å². The zero-order valence-corrected chi connectivity index (χ0v) is 19.8. The van der Waals surface area contributed by atoms with Gasteiger partial charge in [-0.15, -0.1) is 6.58 Å². The maximum Gasteiger partial charge on any atom is 0.224 e. The molecule has 0 aromatic heterocycles. The number of nitrogens with one attached hydrogen (secondary N) is 1.